The van der Waals surface area contributed by atoms with Gasteiger partial charge in [-0.2, -0.15) is 0 Å². The van der Waals surface area contributed by atoms with Crippen molar-refractivity contribution in [1.82, 2.24) is 4.98 Å². The highest BCUT2D eigenvalue weighted by atomic mass is 35.5. The van der Waals surface area contributed by atoms with Crippen LogP contribution in [0.1, 0.15) is 37.9 Å². The van der Waals surface area contributed by atoms with Crippen molar-refractivity contribution in [3.8, 4) is 0 Å². The molecular formula is C15H26ClNOSSi. The first-order valence-corrected chi connectivity index (χ1v) is 11.1. The fourth-order valence-corrected chi connectivity index (χ4v) is 3.81. The molecule has 0 amide bonds. The van der Waals surface area contributed by atoms with Gasteiger partial charge in [-0.1, -0.05) is 39.0 Å². The number of rotatable bonds is 6. The summed E-state index contributed by atoms with van der Waals surface area (Å²) in [5, 5.41) is 3.98. The molecule has 114 valence electrons. The second kappa shape index (κ2) is 6.73. The van der Waals surface area contributed by atoms with Crippen molar-refractivity contribution in [3.05, 3.63) is 27.7 Å². The molecule has 0 bridgehead atoms. The Labute approximate surface area is 133 Å². The van der Waals surface area contributed by atoms with Crippen molar-refractivity contribution in [3.63, 3.8) is 0 Å². The topological polar surface area (TPSA) is 22.1 Å². The number of aryl methyl sites for hydroxylation is 2. The minimum Gasteiger partial charge on any atom is -0.409 e. The predicted octanol–water partition coefficient (Wildman–Crippen LogP) is 5.53. The zero-order valence-corrected chi connectivity index (χ0v) is 16.0. The van der Waals surface area contributed by atoms with Crippen LogP contribution in [0.2, 0.25) is 18.1 Å². The average Bonchev–Trinajstić information content (AvgIpc) is 2.68. The van der Waals surface area contributed by atoms with Gasteiger partial charge >= 0.3 is 0 Å². The van der Waals surface area contributed by atoms with Crippen LogP contribution in [0.4, 0.5) is 0 Å². The minimum absolute atomic E-state index is 0.0837. The van der Waals surface area contributed by atoms with Gasteiger partial charge in [0.2, 0.25) is 0 Å². The molecule has 1 atom stereocenters. The summed E-state index contributed by atoms with van der Waals surface area (Å²) < 4.78 is 6.38. The smallest absolute Gasteiger partial charge is 0.192 e. The molecule has 2 nitrogen and oxygen atoms in total. The van der Waals surface area contributed by atoms with E-state index in [9.17, 15) is 0 Å². The Bertz CT molecular complexity index is 465. The van der Waals surface area contributed by atoms with Crippen LogP contribution in [0.15, 0.2) is 17.0 Å². The van der Waals surface area contributed by atoms with Crippen LogP contribution in [0, 0.1) is 6.92 Å². The highest BCUT2D eigenvalue weighted by Crippen LogP contribution is 2.38. The third kappa shape index (κ3) is 4.99. The average molecular weight is 332 g/mol. The Morgan fingerprint density at radius 1 is 1.50 bits per heavy atom. The Kier molecular flexibility index (Phi) is 6.02. The van der Waals surface area contributed by atoms with Gasteiger partial charge in [-0.05, 0) is 37.9 Å². The molecule has 0 radical (unpaired) electrons. The van der Waals surface area contributed by atoms with Crippen molar-refractivity contribution in [2.45, 2.75) is 64.8 Å². The minimum atomic E-state index is -1.83. The summed E-state index contributed by atoms with van der Waals surface area (Å²) >= 11 is 7.84. The quantitative estimate of drug-likeness (QED) is 0.639. The van der Waals surface area contributed by atoms with Crippen LogP contribution in [0.25, 0.3) is 0 Å². The fourth-order valence-electron chi connectivity index (χ4n) is 1.61. The van der Waals surface area contributed by atoms with Crippen LogP contribution in [-0.4, -0.2) is 19.4 Å². The van der Waals surface area contributed by atoms with Crippen molar-refractivity contribution in [2.24, 2.45) is 0 Å². The molecule has 1 aromatic heterocycles. The summed E-state index contributed by atoms with van der Waals surface area (Å²) in [6.07, 6.45) is 1.65. The van der Waals surface area contributed by atoms with Gasteiger partial charge in [-0.3, -0.25) is 0 Å². The number of hydrogen-bond donors (Lipinski definition) is 0. The number of nitrogens with zero attached hydrogens (tertiary/aromatic N) is 1. The van der Waals surface area contributed by atoms with Crippen molar-refractivity contribution in [2.75, 3.05) is 0 Å². The van der Waals surface area contributed by atoms with Gasteiger partial charge in [0, 0.05) is 10.4 Å². The number of halogens is 1. The summed E-state index contributed by atoms with van der Waals surface area (Å²) in [6, 6.07) is 0. The Balaban J connectivity index is 2.68. The zero-order chi connectivity index (χ0) is 15.6. The predicted molar refractivity (Wildman–Crippen MR) is 92.2 cm³/mol. The van der Waals surface area contributed by atoms with E-state index in [1.807, 2.05) is 6.92 Å². The summed E-state index contributed by atoms with van der Waals surface area (Å²) in [5.41, 5.74) is 1.12. The van der Waals surface area contributed by atoms with Gasteiger partial charge in [0.05, 0.1) is 16.8 Å². The molecule has 5 heteroatoms. The molecule has 0 saturated carbocycles. The maximum absolute atomic E-state index is 6.38. The first-order chi connectivity index (χ1) is 9.03. The zero-order valence-electron chi connectivity index (χ0n) is 13.4. The van der Waals surface area contributed by atoms with Gasteiger partial charge in [-0.25, -0.2) is 4.98 Å². The molecule has 0 fully saturated rings. The molecule has 20 heavy (non-hydrogen) atoms. The molecule has 1 rings (SSSR count). The van der Waals surface area contributed by atoms with E-state index in [-0.39, 0.29) is 11.1 Å². The second-order valence-electron chi connectivity index (χ2n) is 6.71. The van der Waals surface area contributed by atoms with Gasteiger partial charge in [-0.15, -0.1) is 11.3 Å². The third-order valence-corrected chi connectivity index (χ3v) is 9.47. The van der Waals surface area contributed by atoms with E-state index in [1.165, 1.54) is 0 Å². The standard InChI is InChI=1S/C15H26ClNOSSi/c1-11(16)14(18-20(6,7)15(3,4)5)9-8-13-10-19-12(2)17-13/h10,14H,1,8-9H2,2-7H3. The Morgan fingerprint density at radius 3 is 2.50 bits per heavy atom. The highest BCUT2D eigenvalue weighted by Gasteiger charge is 2.39. The van der Waals surface area contributed by atoms with E-state index < -0.39 is 8.32 Å². The first kappa shape index (κ1) is 17.9. The van der Waals surface area contributed by atoms with Crippen molar-refractivity contribution < 1.29 is 4.43 Å². The monoisotopic (exact) mass is 331 g/mol. The lowest BCUT2D eigenvalue weighted by Crippen LogP contribution is -2.44. The van der Waals surface area contributed by atoms with Gasteiger partial charge in [0.1, 0.15) is 0 Å². The molecular weight excluding hydrogens is 306 g/mol. The SMILES string of the molecule is C=C(Cl)C(CCc1csc(C)n1)O[Si](C)(C)C(C)(C)C. The second-order valence-corrected chi connectivity index (χ2v) is 13.0. The molecule has 1 unspecified atom stereocenters. The Morgan fingerprint density at radius 2 is 2.10 bits per heavy atom. The number of hydrogen-bond acceptors (Lipinski definition) is 3. The Hall–Kier alpha value is -0.163. The van der Waals surface area contributed by atoms with E-state index in [4.69, 9.17) is 16.0 Å². The van der Waals surface area contributed by atoms with Gasteiger partial charge in [0.15, 0.2) is 8.32 Å². The van der Waals surface area contributed by atoms with E-state index in [2.05, 4.69) is 50.8 Å². The number of thiazole rings is 1. The molecule has 0 aliphatic carbocycles. The third-order valence-electron chi connectivity index (χ3n) is 3.92. The van der Waals surface area contributed by atoms with Crippen LogP contribution < -0.4 is 0 Å². The molecule has 0 aliphatic heterocycles. The molecule has 1 heterocycles. The fraction of sp³-hybridized carbons (Fsp3) is 0.667. The van der Waals surface area contributed by atoms with E-state index in [0.29, 0.717) is 5.03 Å². The van der Waals surface area contributed by atoms with Crippen molar-refractivity contribution >= 4 is 31.3 Å². The summed E-state index contributed by atoms with van der Waals surface area (Å²) in [4.78, 5) is 4.49. The highest BCUT2D eigenvalue weighted by molar-refractivity contribution is 7.09. The largest absolute Gasteiger partial charge is 0.409 e. The summed E-state index contributed by atoms with van der Waals surface area (Å²) in [5.74, 6) is 0. The van der Waals surface area contributed by atoms with Crippen LogP contribution >= 0.6 is 22.9 Å². The molecule has 0 N–H and O–H groups in total. The maximum atomic E-state index is 6.38. The molecule has 0 aliphatic rings. The lowest BCUT2D eigenvalue weighted by Gasteiger charge is -2.39. The molecule has 0 aromatic carbocycles. The van der Waals surface area contributed by atoms with Crippen LogP contribution in [-0.2, 0) is 10.8 Å². The van der Waals surface area contributed by atoms with Gasteiger partial charge < -0.3 is 4.43 Å². The van der Waals surface area contributed by atoms with E-state index in [1.54, 1.807) is 11.3 Å². The number of aromatic nitrogens is 1. The van der Waals surface area contributed by atoms with Crippen LogP contribution in [0.5, 0.6) is 0 Å². The van der Waals surface area contributed by atoms with E-state index in [0.717, 1.165) is 23.5 Å². The molecule has 0 saturated heterocycles. The van der Waals surface area contributed by atoms with Crippen molar-refractivity contribution in [1.29, 1.82) is 0 Å². The summed E-state index contributed by atoms with van der Waals surface area (Å²) in [6.45, 7) is 17.1. The van der Waals surface area contributed by atoms with Gasteiger partial charge in [0.25, 0.3) is 0 Å². The molecule has 0 spiro atoms. The molecule has 1 aromatic rings. The lowest BCUT2D eigenvalue weighted by molar-refractivity contribution is 0.211. The normalized spacial score (nSPS) is 14.3. The van der Waals surface area contributed by atoms with Crippen LogP contribution in [0.3, 0.4) is 0 Å². The summed E-state index contributed by atoms with van der Waals surface area (Å²) in [7, 11) is -1.83. The lowest BCUT2D eigenvalue weighted by atomic mass is 10.1. The van der Waals surface area contributed by atoms with E-state index >= 15 is 0 Å². The first-order valence-electron chi connectivity index (χ1n) is 6.96. The maximum Gasteiger partial charge on any atom is 0.192 e.